The molecule has 0 radical (unpaired) electrons. The van der Waals surface area contributed by atoms with E-state index in [1.807, 2.05) is 27.7 Å². The molecule has 0 spiro atoms. The average Bonchev–Trinajstić information content (AvgIpc) is 2.29. The Morgan fingerprint density at radius 3 is 2.00 bits per heavy atom. The van der Waals surface area contributed by atoms with Crippen LogP contribution in [0.15, 0.2) is 4.79 Å². The van der Waals surface area contributed by atoms with Crippen molar-refractivity contribution in [2.45, 2.75) is 39.7 Å². The first kappa shape index (κ1) is 10.0. The van der Waals surface area contributed by atoms with Crippen molar-refractivity contribution in [2.24, 2.45) is 7.05 Å². The molecule has 0 N–H and O–H groups in total. The summed E-state index contributed by atoms with van der Waals surface area (Å²) in [5, 5.41) is 4.28. The first-order valence-corrected chi connectivity index (χ1v) is 4.60. The quantitative estimate of drug-likeness (QED) is 0.693. The molecular formula is C9H17N3O. The van der Waals surface area contributed by atoms with Gasteiger partial charge < -0.3 is 0 Å². The van der Waals surface area contributed by atoms with Gasteiger partial charge in [-0.1, -0.05) is 13.8 Å². The van der Waals surface area contributed by atoms with Crippen molar-refractivity contribution in [3.05, 3.63) is 16.3 Å². The summed E-state index contributed by atoms with van der Waals surface area (Å²) < 4.78 is 3.14. The summed E-state index contributed by atoms with van der Waals surface area (Å²) in [5.41, 5.74) is -0.0290. The fourth-order valence-corrected chi connectivity index (χ4v) is 1.31. The van der Waals surface area contributed by atoms with E-state index in [0.717, 1.165) is 5.82 Å². The average molecular weight is 183 g/mol. The molecule has 1 aromatic heterocycles. The van der Waals surface area contributed by atoms with Crippen molar-refractivity contribution < 1.29 is 0 Å². The zero-order valence-corrected chi connectivity index (χ0v) is 8.90. The van der Waals surface area contributed by atoms with Crippen molar-refractivity contribution in [3.8, 4) is 0 Å². The third-order valence-electron chi connectivity index (χ3n) is 2.04. The van der Waals surface area contributed by atoms with E-state index >= 15 is 0 Å². The van der Waals surface area contributed by atoms with Crippen LogP contribution in [0.25, 0.3) is 0 Å². The molecule has 0 fully saturated rings. The lowest BCUT2D eigenvalue weighted by Gasteiger charge is -2.02. The van der Waals surface area contributed by atoms with Crippen LogP contribution in [-0.2, 0) is 7.05 Å². The zero-order valence-electron chi connectivity index (χ0n) is 8.90. The maximum atomic E-state index is 11.6. The van der Waals surface area contributed by atoms with Crippen LogP contribution in [0.2, 0.25) is 0 Å². The van der Waals surface area contributed by atoms with Gasteiger partial charge >= 0.3 is 5.69 Å². The molecule has 74 valence electrons. The molecule has 1 aromatic rings. The van der Waals surface area contributed by atoms with Gasteiger partial charge in [0.05, 0.1) is 6.04 Å². The van der Waals surface area contributed by atoms with Crippen LogP contribution in [0, 0.1) is 0 Å². The van der Waals surface area contributed by atoms with E-state index in [4.69, 9.17) is 0 Å². The number of rotatable bonds is 2. The van der Waals surface area contributed by atoms with Gasteiger partial charge in [0.2, 0.25) is 0 Å². The fourth-order valence-electron chi connectivity index (χ4n) is 1.31. The van der Waals surface area contributed by atoms with Crippen LogP contribution in [0.4, 0.5) is 0 Å². The topological polar surface area (TPSA) is 39.8 Å². The first-order valence-electron chi connectivity index (χ1n) is 4.60. The van der Waals surface area contributed by atoms with Crippen LogP contribution in [-0.4, -0.2) is 14.3 Å². The van der Waals surface area contributed by atoms with Gasteiger partial charge in [-0.2, -0.15) is 5.10 Å². The standard InChI is InChI=1S/C9H17N3O/c1-6(2)8-10-12(7(3)4)9(13)11(8)5/h6-7H,1-5H3. The molecular weight excluding hydrogens is 166 g/mol. The van der Waals surface area contributed by atoms with E-state index in [0.29, 0.717) is 0 Å². The van der Waals surface area contributed by atoms with Crippen LogP contribution in [0.1, 0.15) is 45.5 Å². The summed E-state index contributed by atoms with van der Waals surface area (Å²) in [6, 6.07) is 0.131. The van der Waals surface area contributed by atoms with Crippen LogP contribution >= 0.6 is 0 Å². The molecule has 0 aliphatic carbocycles. The van der Waals surface area contributed by atoms with Crippen molar-refractivity contribution in [2.75, 3.05) is 0 Å². The van der Waals surface area contributed by atoms with Crippen molar-refractivity contribution in [3.63, 3.8) is 0 Å². The largest absolute Gasteiger partial charge is 0.345 e. The molecule has 0 saturated carbocycles. The van der Waals surface area contributed by atoms with Crippen LogP contribution in [0.3, 0.4) is 0 Å². The molecule has 0 aliphatic rings. The zero-order chi connectivity index (χ0) is 10.2. The molecule has 1 rings (SSSR count). The Kier molecular flexibility index (Phi) is 2.59. The molecule has 0 unspecified atom stereocenters. The molecule has 0 saturated heterocycles. The Bertz CT molecular complexity index is 346. The highest BCUT2D eigenvalue weighted by atomic mass is 16.2. The molecule has 4 nitrogen and oxygen atoms in total. The Labute approximate surface area is 78.2 Å². The van der Waals surface area contributed by atoms with Gasteiger partial charge in [-0.15, -0.1) is 0 Å². The van der Waals surface area contributed by atoms with E-state index in [-0.39, 0.29) is 17.6 Å². The maximum absolute atomic E-state index is 11.6. The number of nitrogens with zero attached hydrogens (tertiary/aromatic N) is 3. The van der Waals surface area contributed by atoms with Gasteiger partial charge in [-0.3, -0.25) is 4.57 Å². The summed E-state index contributed by atoms with van der Waals surface area (Å²) in [6.45, 7) is 7.98. The van der Waals surface area contributed by atoms with E-state index in [1.165, 1.54) is 4.68 Å². The summed E-state index contributed by atoms with van der Waals surface area (Å²) in [4.78, 5) is 11.6. The SMILES string of the molecule is CC(C)c1nn(C(C)C)c(=O)n1C. The summed E-state index contributed by atoms with van der Waals surface area (Å²) in [6.07, 6.45) is 0. The van der Waals surface area contributed by atoms with Gasteiger partial charge in [0.15, 0.2) is 0 Å². The molecule has 0 aromatic carbocycles. The van der Waals surface area contributed by atoms with E-state index < -0.39 is 0 Å². The van der Waals surface area contributed by atoms with E-state index in [2.05, 4.69) is 5.10 Å². The van der Waals surface area contributed by atoms with Gasteiger partial charge in [0.1, 0.15) is 5.82 Å². The summed E-state index contributed by atoms with van der Waals surface area (Å²) >= 11 is 0. The van der Waals surface area contributed by atoms with Crippen LogP contribution in [0.5, 0.6) is 0 Å². The minimum absolute atomic E-state index is 0.0290. The predicted octanol–water partition coefficient (Wildman–Crippen LogP) is 1.29. The fraction of sp³-hybridized carbons (Fsp3) is 0.778. The lowest BCUT2D eigenvalue weighted by atomic mass is 10.2. The highest BCUT2D eigenvalue weighted by Crippen LogP contribution is 2.09. The minimum Gasteiger partial charge on any atom is -0.282 e. The smallest absolute Gasteiger partial charge is 0.282 e. The van der Waals surface area contributed by atoms with Crippen molar-refractivity contribution >= 4 is 0 Å². The molecule has 0 bridgehead atoms. The lowest BCUT2D eigenvalue weighted by molar-refractivity contribution is 0.505. The Morgan fingerprint density at radius 1 is 1.23 bits per heavy atom. The van der Waals surface area contributed by atoms with Crippen LogP contribution < -0.4 is 5.69 Å². The number of hydrogen-bond donors (Lipinski definition) is 0. The molecule has 4 heteroatoms. The predicted molar refractivity (Wildman–Crippen MR) is 51.9 cm³/mol. The van der Waals surface area contributed by atoms with Gasteiger partial charge in [0.25, 0.3) is 0 Å². The lowest BCUT2D eigenvalue weighted by Crippen LogP contribution is -2.24. The van der Waals surface area contributed by atoms with E-state index in [9.17, 15) is 4.79 Å². The Morgan fingerprint density at radius 2 is 1.77 bits per heavy atom. The Balaban J connectivity index is 3.29. The highest BCUT2D eigenvalue weighted by Gasteiger charge is 2.14. The molecule has 0 atom stereocenters. The number of aromatic nitrogens is 3. The van der Waals surface area contributed by atoms with E-state index in [1.54, 1.807) is 11.6 Å². The number of hydrogen-bond acceptors (Lipinski definition) is 2. The van der Waals surface area contributed by atoms with Gasteiger partial charge in [0, 0.05) is 13.0 Å². The second kappa shape index (κ2) is 3.36. The van der Waals surface area contributed by atoms with Gasteiger partial charge in [-0.05, 0) is 13.8 Å². The maximum Gasteiger partial charge on any atom is 0.345 e. The molecule has 0 amide bonds. The van der Waals surface area contributed by atoms with Crippen molar-refractivity contribution in [1.29, 1.82) is 0 Å². The third-order valence-corrected chi connectivity index (χ3v) is 2.04. The van der Waals surface area contributed by atoms with Gasteiger partial charge in [-0.25, -0.2) is 9.48 Å². The summed E-state index contributed by atoms with van der Waals surface area (Å²) in [5.74, 6) is 1.14. The minimum atomic E-state index is -0.0290. The second-order valence-corrected chi connectivity index (χ2v) is 3.89. The first-order chi connectivity index (χ1) is 5.95. The normalized spacial score (nSPS) is 11.6. The molecule has 0 aliphatic heterocycles. The summed E-state index contributed by atoms with van der Waals surface area (Å²) in [7, 11) is 1.77. The molecule has 1 heterocycles. The Hall–Kier alpha value is -1.06. The second-order valence-electron chi connectivity index (χ2n) is 3.89. The highest BCUT2D eigenvalue weighted by molar-refractivity contribution is 4.93. The third kappa shape index (κ3) is 1.66. The molecule has 13 heavy (non-hydrogen) atoms. The van der Waals surface area contributed by atoms with Crippen molar-refractivity contribution in [1.82, 2.24) is 14.3 Å². The monoisotopic (exact) mass is 183 g/mol.